The SMILES string of the molecule is O=C(Cc1cccc2ccccc12)Nc1c2c(nn1-c1ccccc1)C[S@@](=O)C2. The number of hydrogen-bond acceptors (Lipinski definition) is 3. The summed E-state index contributed by atoms with van der Waals surface area (Å²) in [5.41, 5.74) is 3.52. The number of benzene rings is 3. The fraction of sp³-hybridized carbons (Fsp3) is 0.130. The Balaban J connectivity index is 1.48. The van der Waals surface area contributed by atoms with Gasteiger partial charge in [-0.05, 0) is 28.5 Å². The van der Waals surface area contributed by atoms with Gasteiger partial charge in [0.05, 0.1) is 29.3 Å². The third-order valence-electron chi connectivity index (χ3n) is 5.16. The Morgan fingerprint density at radius 2 is 1.72 bits per heavy atom. The normalized spacial score (nSPS) is 15.4. The van der Waals surface area contributed by atoms with Crippen molar-refractivity contribution in [2.24, 2.45) is 0 Å². The molecule has 2 heterocycles. The molecular formula is C23H19N3O2S. The van der Waals surface area contributed by atoms with E-state index >= 15 is 0 Å². The number of carbonyl (C=O) groups excluding carboxylic acids is 1. The molecule has 5 nitrogen and oxygen atoms in total. The second-order valence-electron chi connectivity index (χ2n) is 7.11. The summed E-state index contributed by atoms with van der Waals surface area (Å²) >= 11 is 0. The summed E-state index contributed by atoms with van der Waals surface area (Å²) < 4.78 is 13.8. The van der Waals surface area contributed by atoms with Crippen LogP contribution < -0.4 is 5.32 Å². The third-order valence-corrected chi connectivity index (χ3v) is 6.37. The lowest BCUT2D eigenvalue weighted by molar-refractivity contribution is -0.115. The highest BCUT2D eigenvalue weighted by Gasteiger charge is 2.28. The molecule has 29 heavy (non-hydrogen) atoms. The van der Waals surface area contributed by atoms with E-state index in [1.54, 1.807) is 4.68 Å². The number of rotatable bonds is 4. The van der Waals surface area contributed by atoms with E-state index in [0.717, 1.165) is 33.3 Å². The van der Waals surface area contributed by atoms with Gasteiger partial charge in [-0.1, -0.05) is 60.7 Å². The summed E-state index contributed by atoms with van der Waals surface area (Å²) in [6.07, 6.45) is 0.263. The van der Waals surface area contributed by atoms with Gasteiger partial charge in [0, 0.05) is 16.4 Å². The van der Waals surface area contributed by atoms with Crippen molar-refractivity contribution in [1.82, 2.24) is 9.78 Å². The van der Waals surface area contributed by atoms with Crippen LogP contribution in [0.5, 0.6) is 0 Å². The van der Waals surface area contributed by atoms with Gasteiger partial charge in [0.1, 0.15) is 5.82 Å². The molecule has 1 aliphatic heterocycles. The minimum absolute atomic E-state index is 0.112. The lowest BCUT2D eigenvalue weighted by Crippen LogP contribution is -2.18. The van der Waals surface area contributed by atoms with Crippen LogP contribution in [0.1, 0.15) is 16.8 Å². The molecular weight excluding hydrogens is 382 g/mol. The van der Waals surface area contributed by atoms with E-state index in [1.165, 1.54) is 0 Å². The average Bonchev–Trinajstić information content (AvgIpc) is 3.26. The van der Waals surface area contributed by atoms with Crippen molar-refractivity contribution in [2.75, 3.05) is 5.32 Å². The molecule has 0 bridgehead atoms. The van der Waals surface area contributed by atoms with E-state index in [0.29, 0.717) is 17.3 Å². The molecule has 0 aliphatic carbocycles. The van der Waals surface area contributed by atoms with Crippen LogP contribution in [0.25, 0.3) is 16.5 Å². The maximum atomic E-state index is 13.0. The van der Waals surface area contributed by atoms with Crippen molar-refractivity contribution < 1.29 is 9.00 Å². The smallest absolute Gasteiger partial charge is 0.229 e. The number of anilines is 1. The molecule has 1 atom stereocenters. The van der Waals surface area contributed by atoms with E-state index in [9.17, 15) is 9.00 Å². The minimum Gasteiger partial charge on any atom is -0.310 e. The predicted octanol–water partition coefficient (Wildman–Crippen LogP) is 3.97. The van der Waals surface area contributed by atoms with Crippen LogP contribution in [0.3, 0.4) is 0 Å². The van der Waals surface area contributed by atoms with Crippen molar-refractivity contribution in [3.8, 4) is 5.69 Å². The average molecular weight is 401 g/mol. The van der Waals surface area contributed by atoms with E-state index in [-0.39, 0.29) is 12.3 Å². The first kappa shape index (κ1) is 17.8. The van der Waals surface area contributed by atoms with Crippen molar-refractivity contribution >= 4 is 33.3 Å². The van der Waals surface area contributed by atoms with Crippen LogP contribution in [0.4, 0.5) is 5.82 Å². The Labute approximate surface area is 170 Å². The molecule has 0 saturated heterocycles. The molecule has 0 unspecified atom stereocenters. The summed E-state index contributed by atoms with van der Waals surface area (Å²) in [5.74, 6) is 1.37. The van der Waals surface area contributed by atoms with Gasteiger partial charge in [0.2, 0.25) is 5.91 Å². The molecule has 4 aromatic rings. The van der Waals surface area contributed by atoms with Crippen LogP contribution in [0.15, 0.2) is 72.8 Å². The Hall–Kier alpha value is -3.25. The molecule has 1 aliphatic rings. The van der Waals surface area contributed by atoms with E-state index in [1.807, 2.05) is 72.8 Å². The zero-order chi connectivity index (χ0) is 19.8. The Kier molecular flexibility index (Phi) is 4.48. The van der Waals surface area contributed by atoms with Crippen molar-refractivity contribution in [3.63, 3.8) is 0 Å². The molecule has 144 valence electrons. The third kappa shape index (κ3) is 3.36. The van der Waals surface area contributed by atoms with Crippen LogP contribution in [0.2, 0.25) is 0 Å². The summed E-state index contributed by atoms with van der Waals surface area (Å²) in [6.45, 7) is 0. The fourth-order valence-corrected chi connectivity index (χ4v) is 5.07. The lowest BCUT2D eigenvalue weighted by atomic mass is 10.0. The van der Waals surface area contributed by atoms with Gasteiger partial charge in [-0.25, -0.2) is 4.68 Å². The summed E-state index contributed by atoms with van der Waals surface area (Å²) in [7, 11) is -0.962. The quantitative estimate of drug-likeness (QED) is 0.563. The van der Waals surface area contributed by atoms with Crippen molar-refractivity contribution in [3.05, 3.63) is 89.6 Å². The number of nitrogens with zero attached hydrogens (tertiary/aromatic N) is 2. The Bertz CT molecular complexity index is 1240. The van der Waals surface area contributed by atoms with Gasteiger partial charge in [0.25, 0.3) is 0 Å². The molecule has 0 radical (unpaired) electrons. The van der Waals surface area contributed by atoms with Crippen molar-refractivity contribution in [1.29, 1.82) is 0 Å². The van der Waals surface area contributed by atoms with Crippen LogP contribution in [-0.4, -0.2) is 19.9 Å². The highest BCUT2D eigenvalue weighted by molar-refractivity contribution is 7.83. The second kappa shape index (κ2) is 7.29. The van der Waals surface area contributed by atoms with Gasteiger partial charge in [0.15, 0.2) is 0 Å². The molecule has 1 N–H and O–H groups in total. The van der Waals surface area contributed by atoms with Crippen molar-refractivity contribution in [2.45, 2.75) is 17.9 Å². The van der Waals surface area contributed by atoms with Crippen LogP contribution in [0, 0.1) is 0 Å². The molecule has 0 spiro atoms. The molecule has 0 saturated carbocycles. The largest absolute Gasteiger partial charge is 0.310 e. The molecule has 3 aromatic carbocycles. The summed E-state index contributed by atoms with van der Waals surface area (Å²) in [4.78, 5) is 13.0. The lowest BCUT2D eigenvalue weighted by Gasteiger charge is -2.12. The first-order valence-electron chi connectivity index (χ1n) is 9.47. The first-order valence-corrected chi connectivity index (χ1v) is 11.0. The van der Waals surface area contributed by atoms with Gasteiger partial charge in [-0.2, -0.15) is 5.10 Å². The molecule has 5 rings (SSSR count). The maximum absolute atomic E-state index is 13.0. The number of nitrogens with one attached hydrogen (secondary N) is 1. The summed E-state index contributed by atoms with van der Waals surface area (Å²) in [6, 6.07) is 23.7. The number of fused-ring (bicyclic) bond motifs is 2. The van der Waals surface area contributed by atoms with E-state index < -0.39 is 10.8 Å². The van der Waals surface area contributed by atoms with E-state index in [4.69, 9.17) is 0 Å². The Morgan fingerprint density at radius 3 is 2.59 bits per heavy atom. The zero-order valence-electron chi connectivity index (χ0n) is 15.7. The van der Waals surface area contributed by atoms with Gasteiger partial charge < -0.3 is 5.32 Å². The number of aromatic nitrogens is 2. The summed E-state index contributed by atoms with van der Waals surface area (Å²) in [5, 5.41) is 9.87. The first-order chi connectivity index (χ1) is 14.2. The van der Waals surface area contributed by atoms with Crippen LogP contribution >= 0.6 is 0 Å². The van der Waals surface area contributed by atoms with E-state index in [2.05, 4.69) is 10.4 Å². The Morgan fingerprint density at radius 1 is 0.966 bits per heavy atom. The molecule has 1 amide bonds. The number of para-hydroxylation sites is 1. The van der Waals surface area contributed by atoms with Gasteiger partial charge in [-0.15, -0.1) is 0 Å². The predicted molar refractivity (Wildman–Crippen MR) is 115 cm³/mol. The monoisotopic (exact) mass is 401 g/mol. The fourth-order valence-electron chi connectivity index (χ4n) is 3.81. The highest BCUT2D eigenvalue weighted by atomic mass is 32.2. The molecule has 0 fully saturated rings. The highest BCUT2D eigenvalue weighted by Crippen LogP contribution is 2.31. The zero-order valence-corrected chi connectivity index (χ0v) is 16.5. The maximum Gasteiger partial charge on any atom is 0.229 e. The van der Waals surface area contributed by atoms with Gasteiger partial charge in [-0.3, -0.25) is 9.00 Å². The number of hydrogen-bond donors (Lipinski definition) is 1. The van der Waals surface area contributed by atoms with Gasteiger partial charge >= 0.3 is 0 Å². The second-order valence-corrected chi connectivity index (χ2v) is 8.57. The standard InChI is InChI=1S/C23H19N3O2S/c27-22(13-17-9-6-8-16-7-4-5-12-19(16)17)24-23-20-14-29(28)15-21(20)25-26(23)18-10-2-1-3-11-18/h1-12H,13-15H2,(H,24,27)/t29-/m0/s1. The number of carbonyl (C=O) groups is 1. The minimum atomic E-state index is -0.962. The molecule has 1 aromatic heterocycles. The molecule has 6 heteroatoms. The van der Waals surface area contributed by atoms with Crippen LogP contribution in [-0.2, 0) is 33.5 Å². The topological polar surface area (TPSA) is 64.0 Å². The number of amides is 1.